The highest BCUT2D eigenvalue weighted by Gasteiger charge is 2.22. The lowest BCUT2D eigenvalue weighted by atomic mass is 9.95. The number of hydrogen-bond acceptors (Lipinski definition) is 6. The summed E-state index contributed by atoms with van der Waals surface area (Å²) in [6.45, 7) is 40.8. The molecule has 128 heavy (non-hydrogen) atoms. The van der Waals surface area contributed by atoms with E-state index in [9.17, 15) is 0 Å². The first kappa shape index (κ1) is 90.0. The van der Waals surface area contributed by atoms with Gasteiger partial charge in [-0.2, -0.15) is 0 Å². The maximum atomic E-state index is 5.29. The summed E-state index contributed by atoms with van der Waals surface area (Å²) in [4.78, 5) is 30.1. The van der Waals surface area contributed by atoms with Crippen LogP contribution >= 0.6 is 0 Å². The number of fused-ring (bicyclic) bond motifs is 40. The summed E-state index contributed by atoms with van der Waals surface area (Å²) >= 11 is 0. The van der Waals surface area contributed by atoms with Gasteiger partial charge in [0.2, 0.25) is 0 Å². The second-order valence-corrected chi connectivity index (χ2v) is 29.6. The standard InChI is InChI=1S/C29H20N2.C25H18N2.2C24H17N3.8C2H6/c1-2-18-11-14-23-24-15-12-19-7-3-5-9-21(19)27(24)29-30-28-22-10-6-4-8-20(22)13-16-25(28)31(29)26(23)17-18;1-2-16-14-20-24(19-10-5-4-9-18(16)19)23-15-17-8-3-6-11-21(17)27(23)22-12-7-13-26-25(20)22;1-2-15-11-12-21-17(13-15)23-18(14-16-7-3-4-8-19(16)25-23)24-26-20-9-5-6-10-22(20)27(21)24;1-2-15-11-12-17-22(13-15)27-21-10-6-5-9-20(21)26-24(27)18-14-16-7-3-4-8-19(16)25-23(17)18;8*1-2/h3-17H,2H2,1H3;3-15H,2H2,1H3;2*3-14H,2H2,1H3;8*1-2H3. The van der Waals surface area contributed by atoms with Crippen LogP contribution in [0.5, 0.6) is 0 Å². The number of benzene rings is 14. The fourth-order valence-electron chi connectivity index (χ4n) is 18.0. The summed E-state index contributed by atoms with van der Waals surface area (Å²) in [5, 5.41) is 22.0. The van der Waals surface area contributed by atoms with Gasteiger partial charge in [-0.25, -0.2) is 24.9 Å². The summed E-state index contributed by atoms with van der Waals surface area (Å²) in [7, 11) is 0. The lowest BCUT2D eigenvalue weighted by Gasteiger charge is -2.14. The Balaban J connectivity index is 0.000000131. The van der Waals surface area contributed by atoms with Gasteiger partial charge in [-0.05, 0) is 189 Å². The Bertz CT molecular complexity index is 8290. The van der Waals surface area contributed by atoms with E-state index in [1.165, 1.54) is 131 Å². The van der Waals surface area contributed by atoms with Crippen LogP contribution in [0.25, 0.3) is 208 Å². The quantitative estimate of drug-likeness (QED) is 0.129. The zero-order valence-corrected chi connectivity index (χ0v) is 78.3. The summed E-state index contributed by atoms with van der Waals surface area (Å²) in [6.07, 6.45) is 5.95. The Morgan fingerprint density at radius 2 is 0.609 bits per heavy atom. The summed E-state index contributed by atoms with van der Waals surface area (Å²) in [5.41, 5.74) is 27.3. The molecule has 11 heterocycles. The van der Waals surface area contributed by atoms with Crippen molar-refractivity contribution < 1.29 is 0 Å². The van der Waals surface area contributed by atoms with Gasteiger partial charge in [0, 0.05) is 70.8 Å². The summed E-state index contributed by atoms with van der Waals surface area (Å²) < 4.78 is 9.33. The third-order valence-electron chi connectivity index (χ3n) is 23.4. The predicted octanol–water partition coefficient (Wildman–Crippen LogP) is 34.2. The van der Waals surface area contributed by atoms with E-state index in [1.807, 2.05) is 147 Å². The molecule has 0 fully saturated rings. The molecule has 0 unspecified atom stereocenters. The van der Waals surface area contributed by atoms with Crippen LogP contribution in [0.2, 0.25) is 0 Å². The highest BCUT2D eigenvalue weighted by Crippen LogP contribution is 2.43. The molecule has 14 aromatic carbocycles. The van der Waals surface area contributed by atoms with Crippen molar-refractivity contribution in [2.45, 2.75) is 164 Å². The van der Waals surface area contributed by atoms with Crippen LogP contribution in [0.3, 0.4) is 0 Å². The Labute approximate surface area is 752 Å². The minimum Gasteiger partial charge on any atom is -0.307 e. The molecule has 0 spiro atoms. The fraction of sp³-hybridized carbons (Fsp3) is 0.203. The number of hydrogen-bond donors (Lipinski definition) is 0. The van der Waals surface area contributed by atoms with Gasteiger partial charge in [0.05, 0.1) is 93.8 Å². The van der Waals surface area contributed by atoms with Crippen molar-refractivity contribution in [2.24, 2.45) is 0 Å². The van der Waals surface area contributed by atoms with Gasteiger partial charge in [-0.3, -0.25) is 18.2 Å². The second-order valence-electron chi connectivity index (χ2n) is 29.6. The smallest absolute Gasteiger partial charge is 0.147 e. The van der Waals surface area contributed by atoms with Crippen LogP contribution in [0.1, 0.15) is 161 Å². The normalized spacial score (nSPS) is 10.9. The molecule has 0 saturated heterocycles. The van der Waals surface area contributed by atoms with Gasteiger partial charge in [-0.1, -0.05) is 339 Å². The van der Waals surface area contributed by atoms with Crippen molar-refractivity contribution in [3.8, 4) is 0 Å². The second kappa shape index (κ2) is 40.8. The van der Waals surface area contributed by atoms with Crippen LogP contribution in [0.15, 0.2) is 316 Å². The minimum atomic E-state index is 0.973. The molecule has 25 aromatic rings. The number of nitrogens with zero attached hydrogens (tertiary/aromatic N) is 10. The van der Waals surface area contributed by atoms with Gasteiger partial charge >= 0.3 is 0 Å². The molecule has 642 valence electrons. The molecule has 0 N–H and O–H groups in total. The Morgan fingerprint density at radius 1 is 0.195 bits per heavy atom. The van der Waals surface area contributed by atoms with Crippen LogP contribution in [0, 0.1) is 0 Å². The molecule has 10 nitrogen and oxygen atoms in total. The van der Waals surface area contributed by atoms with Gasteiger partial charge in [0.15, 0.2) is 0 Å². The molecular formula is C118H120N10. The van der Waals surface area contributed by atoms with E-state index in [-0.39, 0.29) is 0 Å². The van der Waals surface area contributed by atoms with E-state index in [0.717, 1.165) is 125 Å². The molecular weight excluding hydrogens is 1560 g/mol. The predicted molar refractivity (Wildman–Crippen MR) is 562 cm³/mol. The number of aromatic nitrogens is 10. The number of pyridine rings is 7. The van der Waals surface area contributed by atoms with Gasteiger partial charge in [-0.15, -0.1) is 0 Å². The molecule has 25 rings (SSSR count). The minimum absolute atomic E-state index is 0.973. The average molecular weight is 1680 g/mol. The third kappa shape index (κ3) is 15.9. The van der Waals surface area contributed by atoms with E-state index in [0.29, 0.717) is 0 Å². The number of aryl methyl sites for hydroxylation is 4. The average Bonchev–Trinajstić information content (AvgIpc) is 1.56. The van der Waals surface area contributed by atoms with Crippen LogP contribution in [0.4, 0.5) is 0 Å². The van der Waals surface area contributed by atoms with E-state index in [2.05, 4.69) is 324 Å². The van der Waals surface area contributed by atoms with Crippen molar-refractivity contribution in [1.29, 1.82) is 0 Å². The van der Waals surface area contributed by atoms with E-state index >= 15 is 0 Å². The Hall–Kier alpha value is -14.2. The molecule has 0 saturated carbocycles. The largest absolute Gasteiger partial charge is 0.307 e. The first-order chi connectivity index (χ1) is 63.4. The summed E-state index contributed by atoms with van der Waals surface area (Å²) in [6, 6.07) is 110. The molecule has 10 heteroatoms. The van der Waals surface area contributed by atoms with Crippen molar-refractivity contribution >= 4 is 208 Å². The third-order valence-corrected chi connectivity index (χ3v) is 23.4. The summed E-state index contributed by atoms with van der Waals surface area (Å²) in [5.74, 6) is 0. The van der Waals surface area contributed by atoms with Crippen molar-refractivity contribution in [3.63, 3.8) is 0 Å². The van der Waals surface area contributed by atoms with Crippen molar-refractivity contribution in [1.82, 2.24) is 47.5 Å². The van der Waals surface area contributed by atoms with E-state index < -0.39 is 0 Å². The molecule has 0 amide bonds. The maximum absolute atomic E-state index is 5.29. The van der Waals surface area contributed by atoms with Crippen molar-refractivity contribution in [2.75, 3.05) is 0 Å². The highest BCUT2D eigenvalue weighted by molar-refractivity contribution is 6.26. The Morgan fingerprint density at radius 3 is 1.20 bits per heavy atom. The van der Waals surface area contributed by atoms with Gasteiger partial charge in [0.1, 0.15) is 16.9 Å². The molecule has 11 aromatic heterocycles. The molecule has 0 bridgehead atoms. The fourth-order valence-corrected chi connectivity index (χ4v) is 18.0. The number of imidazole rings is 3. The monoisotopic (exact) mass is 1680 g/mol. The number of para-hydroxylation sites is 7. The topological polar surface area (TPSA) is 95.0 Å². The maximum Gasteiger partial charge on any atom is 0.147 e. The van der Waals surface area contributed by atoms with Crippen molar-refractivity contribution in [3.05, 3.63) is 338 Å². The lowest BCUT2D eigenvalue weighted by Crippen LogP contribution is -1.95. The highest BCUT2D eigenvalue weighted by atomic mass is 15.0. The van der Waals surface area contributed by atoms with Crippen LogP contribution in [-0.2, 0) is 25.7 Å². The number of rotatable bonds is 4. The molecule has 0 aliphatic rings. The SMILES string of the molecule is CC.CC.CC.CC.CC.CC.CC.CC.CCc1cc2c3ncccc3n3c4ccccc4cc3c2c2ccccc12.CCc1ccc2c(c1)c1nc3ccccc3cc1c1nc3ccccc3n21.CCc1ccc2c3ccc4ccccc4c3c3nc4c5ccccc5ccc4n3c2c1.CCc1ccc2c3nc4ccccc4cc3c3nc4ccccc4n3c2c1. The zero-order valence-electron chi connectivity index (χ0n) is 78.3. The van der Waals surface area contributed by atoms with Gasteiger partial charge < -0.3 is 4.40 Å². The van der Waals surface area contributed by atoms with E-state index in [4.69, 9.17) is 29.9 Å². The first-order valence-electron chi connectivity index (χ1n) is 47.1. The lowest BCUT2D eigenvalue weighted by molar-refractivity contribution is 1.14. The molecule has 0 radical (unpaired) electrons. The first-order valence-corrected chi connectivity index (χ1v) is 47.1. The zero-order chi connectivity index (χ0) is 90.4. The molecule has 0 aliphatic heterocycles. The van der Waals surface area contributed by atoms with Crippen LogP contribution in [-0.4, -0.2) is 47.5 Å². The molecule has 0 aliphatic carbocycles. The molecule has 0 atom stereocenters. The van der Waals surface area contributed by atoms with Gasteiger partial charge in [0.25, 0.3) is 0 Å². The van der Waals surface area contributed by atoms with Crippen LogP contribution < -0.4 is 0 Å². The Kier molecular flexibility index (Phi) is 28.7. The van der Waals surface area contributed by atoms with E-state index in [1.54, 1.807) is 0 Å².